The maximum absolute atomic E-state index is 14.0. The van der Waals surface area contributed by atoms with Crippen molar-refractivity contribution in [3.8, 4) is 27.3 Å². The molecule has 1 aliphatic heterocycles. The first kappa shape index (κ1) is 35.1. The average Bonchev–Trinajstić information content (AvgIpc) is 3.48. The lowest BCUT2D eigenvalue weighted by molar-refractivity contribution is 0.0522. The van der Waals surface area contributed by atoms with Crippen LogP contribution in [0.4, 0.5) is 4.79 Å². The Morgan fingerprint density at radius 1 is 0.878 bits per heavy atom. The molecular weight excluding hydrogens is 644 g/mol. The summed E-state index contributed by atoms with van der Waals surface area (Å²) in [6.45, 7) is 8.76. The van der Waals surface area contributed by atoms with Crippen LogP contribution in [0.25, 0.3) is 21.6 Å². The van der Waals surface area contributed by atoms with Crippen LogP contribution in [0.2, 0.25) is 0 Å². The summed E-state index contributed by atoms with van der Waals surface area (Å²) in [6, 6.07) is 16.2. The van der Waals surface area contributed by atoms with Crippen molar-refractivity contribution in [1.29, 1.82) is 0 Å². The normalized spacial score (nSPS) is 12.0. The molecule has 0 spiro atoms. The molecule has 256 valence electrons. The highest BCUT2D eigenvalue weighted by Gasteiger charge is 2.27. The van der Waals surface area contributed by atoms with Gasteiger partial charge in [0.2, 0.25) is 0 Å². The van der Waals surface area contributed by atoms with Gasteiger partial charge in [0.05, 0.1) is 13.7 Å². The van der Waals surface area contributed by atoms with E-state index in [1.54, 1.807) is 50.3 Å². The Hall–Kier alpha value is -5.23. The molecule has 5 rings (SSSR count). The largest absolute Gasteiger partial charge is 0.493 e. The molecule has 3 heterocycles. The molecule has 0 saturated heterocycles. The van der Waals surface area contributed by atoms with Crippen molar-refractivity contribution in [1.82, 2.24) is 20.9 Å². The van der Waals surface area contributed by atoms with Crippen molar-refractivity contribution >= 4 is 35.2 Å². The lowest BCUT2D eigenvalue weighted by Crippen LogP contribution is -2.32. The number of methoxy groups -OCH3 is 1. The Balaban J connectivity index is 1.46. The molecule has 0 unspecified atom stereocenters. The highest BCUT2D eigenvalue weighted by atomic mass is 32.1. The Kier molecular flexibility index (Phi) is 11.0. The molecule has 2 aromatic heterocycles. The molecule has 11 nitrogen and oxygen atoms in total. The van der Waals surface area contributed by atoms with E-state index in [0.717, 1.165) is 33.6 Å². The van der Waals surface area contributed by atoms with Gasteiger partial charge < -0.3 is 30.2 Å². The van der Waals surface area contributed by atoms with Crippen LogP contribution in [0, 0.1) is 0 Å². The predicted molar refractivity (Wildman–Crippen MR) is 187 cm³/mol. The molecule has 0 atom stereocenters. The number of nitrogens with one attached hydrogen (secondary N) is 3. The fourth-order valence-corrected chi connectivity index (χ4v) is 6.23. The quantitative estimate of drug-likeness (QED) is 0.165. The molecule has 0 saturated carbocycles. The fraction of sp³-hybridized carbons (Fsp3) is 0.324. The van der Waals surface area contributed by atoms with E-state index in [9.17, 15) is 19.2 Å². The third-order valence-corrected chi connectivity index (χ3v) is 8.62. The summed E-state index contributed by atoms with van der Waals surface area (Å²) in [5.41, 5.74) is 4.03. The lowest BCUT2D eigenvalue weighted by Gasteiger charge is -2.19. The van der Waals surface area contributed by atoms with E-state index in [2.05, 4.69) is 27.0 Å². The molecule has 2 aromatic carbocycles. The second-order valence-corrected chi connectivity index (χ2v) is 13.4. The molecule has 12 heteroatoms. The Morgan fingerprint density at radius 2 is 1.59 bits per heavy atom. The molecule has 0 bridgehead atoms. The average molecular weight is 685 g/mol. The number of thiophene rings is 1. The maximum Gasteiger partial charge on any atom is 0.407 e. The van der Waals surface area contributed by atoms with E-state index in [0.29, 0.717) is 48.6 Å². The van der Waals surface area contributed by atoms with Gasteiger partial charge in [0.1, 0.15) is 17.0 Å². The molecule has 49 heavy (non-hydrogen) atoms. The Bertz CT molecular complexity index is 1860. The van der Waals surface area contributed by atoms with Gasteiger partial charge in [0.15, 0.2) is 5.69 Å². The zero-order valence-corrected chi connectivity index (χ0v) is 29.0. The number of aromatic nitrogens is 1. The zero-order valence-electron chi connectivity index (χ0n) is 28.2. The smallest absolute Gasteiger partial charge is 0.407 e. The first-order valence-electron chi connectivity index (χ1n) is 16.1. The number of rotatable bonds is 10. The van der Waals surface area contributed by atoms with Crippen molar-refractivity contribution in [3.05, 3.63) is 93.6 Å². The summed E-state index contributed by atoms with van der Waals surface area (Å²) in [4.78, 5) is 57.2. The van der Waals surface area contributed by atoms with Gasteiger partial charge >= 0.3 is 12.1 Å². The van der Waals surface area contributed by atoms with E-state index in [1.807, 2.05) is 36.6 Å². The molecule has 1 aliphatic rings. The number of hydrogen-bond acceptors (Lipinski definition) is 9. The number of carbonyl (C=O) groups is 4. The van der Waals surface area contributed by atoms with Crippen LogP contribution in [0.15, 0.2) is 60.0 Å². The zero-order chi connectivity index (χ0) is 35.1. The van der Waals surface area contributed by atoms with Crippen molar-refractivity contribution in [2.45, 2.75) is 59.2 Å². The minimum atomic E-state index is -0.746. The van der Waals surface area contributed by atoms with Crippen LogP contribution in [0.5, 0.6) is 5.75 Å². The molecule has 3 N–H and O–H groups in total. The summed E-state index contributed by atoms with van der Waals surface area (Å²) < 4.78 is 16.5. The Morgan fingerprint density at radius 3 is 2.27 bits per heavy atom. The fourth-order valence-electron chi connectivity index (χ4n) is 5.25. The van der Waals surface area contributed by atoms with E-state index >= 15 is 0 Å². The van der Waals surface area contributed by atoms with Gasteiger partial charge in [-0.25, -0.2) is 14.6 Å². The maximum atomic E-state index is 14.0. The van der Waals surface area contributed by atoms with Crippen LogP contribution >= 0.6 is 11.3 Å². The summed E-state index contributed by atoms with van der Waals surface area (Å²) in [7, 11) is 1.24. The van der Waals surface area contributed by atoms with Crippen LogP contribution in [-0.2, 0) is 29.0 Å². The SMILES string of the molecule is CCCNC(=O)c1ccc(-c2cc3c(cc2C(=O)NCc2ccc(CNC(=O)OC(C)(C)C)cc2)-c2sccc2CCO3)c(C(=O)OC)n1. The van der Waals surface area contributed by atoms with Gasteiger partial charge in [-0.15, -0.1) is 11.3 Å². The second-order valence-electron chi connectivity index (χ2n) is 12.5. The van der Waals surface area contributed by atoms with E-state index in [4.69, 9.17) is 14.2 Å². The van der Waals surface area contributed by atoms with Crippen LogP contribution < -0.4 is 20.7 Å². The van der Waals surface area contributed by atoms with Crippen LogP contribution in [0.3, 0.4) is 0 Å². The minimum Gasteiger partial charge on any atom is -0.493 e. The second kappa shape index (κ2) is 15.3. The number of amides is 3. The first-order chi connectivity index (χ1) is 23.5. The third-order valence-electron chi connectivity index (χ3n) is 7.63. The van der Waals surface area contributed by atoms with Crippen LogP contribution in [0.1, 0.15) is 82.1 Å². The molecular formula is C37H40N4O7S. The summed E-state index contributed by atoms with van der Waals surface area (Å²) in [6.07, 6.45) is 0.952. The van der Waals surface area contributed by atoms with Crippen molar-refractivity contribution < 1.29 is 33.4 Å². The number of benzene rings is 2. The third kappa shape index (κ3) is 8.63. The predicted octanol–water partition coefficient (Wildman–Crippen LogP) is 6.29. The minimum absolute atomic E-state index is 0.0579. The number of carbonyl (C=O) groups excluding carboxylic acids is 4. The standard InChI is InChI=1S/C37H40N4O7S/c1-6-15-38-34(43)29-12-11-25(31(41-29)35(44)46-5)26-19-30-28(32-24(13-16-47-30)14-17-49-32)18-27(26)33(42)39-20-22-7-9-23(10-8-22)21-40-36(45)48-37(2,3)4/h7-12,14,17-19H,6,13,15-16,20-21H2,1-5H3,(H,38,43)(H,39,42)(H,40,45). The topological polar surface area (TPSA) is 145 Å². The number of esters is 1. The molecule has 0 aliphatic carbocycles. The number of fused-ring (bicyclic) bond motifs is 3. The summed E-state index contributed by atoms with van der Waals surface area (Å²) in [5, 5.41) is 10.5. The molecule has 0 radical (unpaired) electrons. The molecule has 4 aromatic rings. The number of alkyl carbamates (subject to hydrolysis) is 1. The number of ether oxygens (including phenoxy) is 3. The molecule has 3 amide bonds. The van der Waals surface area contributed by atoms with E-state index in [1.165, 1.54) is 13.2 Å². The van der Waals surface area contributed by atoms with Gasteiger partial charge in [-0.05, 0) is 79.6 Å². The van der Waals surface area contributed by atoms with Gasteiger partial charge in [-0.2, -0.15) is 0 Å². The number of hydrogen-bond donors (Lipinski definition) is 3. The highest BCUT2D eigenvalue weighted by molar-refractivity contribution is 7.13. The Labute approximate surface area is 289 Å². The number of pyridine rings is 1. The van der Waals surface area contributed by atoms with Gasteiger partial charge in [-0.1, -0.05) is 31.2 Å². The van der Waals surface area contributed by atoms with Gasteiger partial charge in [0, 0.05) is 53.2 Å². The lowest BCUT2D eigenvalue weighted by atomic mass is 9.93. The highest BCUT2D eigenvalue weighted by Crippen LogP contribution is 2.43. The monoisotopic (exact) mass is 684 g/mol. The van der Waals surface area contributed by atoms with Crippen molar-refractivity contribution in [3.63, 3.8) is 0 Å². The van der Waals surface area contributed by atoms with E-state index < -0.39 is 23.6 Å². The van der Waals surface area contributed by atoms with Gasteiger partial charge in [-0.3, -0.25) is 9.59 Å². The number of nitrogens with zero attached hydrogens (tertiary/aromatic N) is 1. The van der Waals surface area contributed by atoms with E-state index in [-0.39, 0.29) is 23.8 Å². The van der Waals surface area contributed by atoms with Crippen molar-refractivity contribution in [2.24, 2.45) is 0 Å². The van der Waals surface area contributed by atoms with Gasteiger partial charge in [0.25, 0.3) is 11.8 Å². The van der Waals surface area contributed by atoms with Crippen LogP contribution in [-0.4, -0.2) is 54.7 Å². The summed E-state index contributed by atoms with van der Waals surface area (Å²) >= 11 is 1.57. The van der Waals surface area contributed by atoms with Crippen molar-refractivity contribution in [2.75, 3.05) is 20.3 Å². The summed E-state index contributed by atoms with van der Waals surface area (Å²) in [5.74, 6) is -0.969. The first-order valence-corrected chi connectivity index (χ1v) is 16.9. The molecule has 0 fully saturated rings.